The van der Waals surface area contributed by atoms with E-state index in [1.165, 1.54) is 12.1 Å². The van der Waals surface area contributed by atoms with E-state index in [2.05, 4.69) is 5.32 Å². The molecule has 3 heteroatoms. The van der Waals surface area contributed by atoms with Crippen LogP contribution in [0.5, 0.6) is 0 Å². The van der Waals surface area contributed by atoms with Gasteiger partial charge in [0.2, 0.25) is 0 Å². The summed E-state index contributed by atoms with van der Waals surface area (Å²) < 4.78 is 5.50. The first kappa shape index (κ1) is 10.5. The van der Waals surface area contributed by atoms with Crippen LogP contribution in [-0.2, 0) is 0 Å². The zero-order chi connectivity index (χ0) is 11.5. The molecule has 1 aromatic carbocycles. The topological polar surface area (TPSA) is 42.2 Å². The van der Waals surface area contributed by atoms with E-state index in [-0.39, 0.29) is 5.43 Å². The molecule has 0 spiro atoms. The summed E-state index contributed by atoms with van der Waals surface area (Å²) in [5.74, 6) is 1.23. The quantitative estimate of drug-likeness (QED) is 0.837. The SMILES string of the molecule is CNc1ccc(-c2cc(=O)cc(C)o2)cc1. The lowest BCUT2D eigenvalue weighted by Gasteiger charge is -2.03. The molecule has 2 rings (SSSR count). The van der Waals surface area contributed by atoms with Gasteiger partial charge in [-0.15, -0.1) is 0 Å². The van der Waals surface area contributed by atoms with Crippen LogP contribution < -0.4 is 10.7 Å². The molecule has 16 heavy (non-hydrogen) atoms. The second-order valence-corrected chi connectivity index (χ2v) is 3.60. The fraction of sp³-hybridized carbons (Fsp3) is 0.154. The largest absolute Gasteiger partial charge is 0.461 e. The lowest BCUT2D eigenvalue weighted by Crippen LogP contribution is -1.98. The molecule has 0 aliphatic heterocycles. The van der Waals surface area contributed by atoms with Gasteiger partial charge in [0.15, 0.2) is 5.43 Å². The summed E-state index contributed by atoms with van der Waals surface area (Å²) in [7, 11) is 1.86. The van der Waals surface area contributed by atoms with Crippen molar-refractivity contribution in [2.45, 2.75) is 6.92 Å². The predicted octanol–water partition coefficient (Wildman–Crippen LogP) is 2.66. The van der Waals surface area contributed by atoms with Gasteiger partial charge in [0.25, 0.3) is 0 Å². The van der Waals surface area contributed by atoms with Gasteiger partial charge in [-0.1, -0.05) is 0 Å². The van der Waals surface area contributed by atoms with Crippen LogP contribution in [0.25, 0.3) is 11.3 Å². The van der Waals surface area contributed by atoms with Crippen LogP contribution in [-0.4, -0.2) is 7.05 Å². The van der Waals surface area contributed by atoms with Gasteiger partial charge in [-0.25, -0.2) is 0 Å². The summed E-state index contributed by atoms with van der Waals surface area (Å²) in [6, 6.07) is 10.7. The predicted molar refractivity (Wildman–Crippen MR) is 64.7 cm³/mol. The zero-order valence-electron chi connectivity index (χ0n) is 9.28. The molecule has 3 nitrogen and oxygen atoms in total. The molecule has 0 unspecified atom stereocenters. The number of anilines is 1. The van der Waals surface area contributed by atoms with Gasteiger partial charge in [0, 0.05) is 30.4 Å². The maximum atomic E-state index is 11.3. The van der Waals surface area contributed by atoms with Crippen LogP contribution in [0.1, 0.15) is 5.76 Å². The van der Waals surface area contributed by atoms with E-state index in [0.717, 1.165) is 11.3 Å². The molecule has 0 atom stereocenters. The fourth-order valence-corrected chi connectivity index (χ4v) is 1.55. The van der Waals surface area contributed by atoms with E-state index in [4.69, 9.17) is 4.42 Å². The minimum Gasteiger partial charge on any atom is -0.461 e. The van der Waals surface area contributed by atoms with Crippen molar-refractivity contribution in [3.8, 4) is 11.3 Å². The minimum atomic E-state index is -0.0311. The Hall–Kier alpha value is -2.03. The molecule has 82 valence electrons. The number of hydrogen-bond acceptors (Lipinski definition) is 3. The van der Waals surface area contributed by atoms with Crippen LogP contribution in [0.15, 0.2) is 45.6 Å². The third-order valence-electron chi connectivity index (χ3n) is 2.35. The van der Waals surface area contributed by atoms with E-state index < -0.39 is 0 Å². The highest BCUT2D eigenvalue weighted by molar-refractivity contribution is 5.60. The number of hydrogen-bond donors (Lipinski definition) is 1. The van der Waals surface area contributed by atoms with Crippen LogP contribution in [0.2, 0.25) is 0 Å². The van der Waals surface area contributed by atoms with Crippen LogP contribution >= 0.6 is 0 Å². The summed E-state index contributed by atoms with van der Waals surface area (Å²) in [6.45, 7) is 1.77. The van der Waals surface area contributed by atoms with Crippen molar-refractivity contribution < 1.29 is 4.42 Å². The summed E-state index contributed by atoms with van der Waals surface area (Å²) in [5, 5.41) is 3.04. The summed E-state index contributed by atoms with van der Waals surface area (Å²) in [6.07, 6.45) is 0. The number of nitrogens with one attached hydrogen (secondary N) is 1. The van der Waals surface area contributed by atoms with E-state index in [0.29, 0.717) is 11.5 Å². The summed E-state index contributed by atoms with van der Waals surface area (Å²) in [5.41, 5.74) is 1.90. The zero-order valence-corrected chi connectivity index (χ0v) is 9.28. The lowest BCUT2D eigenvalue weighted by molar-refractivity contribution is 0.530. The molecule has 0 radical (unpaired) electrons. The molecular formula is C13H13NO2. The molecule has 0 aliphatic rings. The second kappa shape index (κ2) is 4.23. The van der Waals surface area contributed by atoms with Gasteiger partial charge in [-0.2, -0.15) is 0 Å². The minimum absolute atomic E-state index is 0.0311. The molecule has 2 aromatic rings. The number of rotatable bonds is 2. The van der Waals surface area contributed by atoms with Crippen molar-refractivity contribution in [3.63, 3.8) is 0 Å². The molecule has 0 saturated carbocycles. The third kappa shape index (κ3) is 2.14. The highest BCUT2D eigenvalue weighted by atomic mass is 16.3. The first-order valence-electron chi connectivity index (χ1n) is 5.09. The molecular weight excluding hydrogens is 202 g/mol. The van der Waals surface area contributed by atoms with Crippen LogP contribution in [0.3, 0.4) is 0 Å². The van der Waals surface area contributed by atoms with E-state index in [1.54, 1.807) is 6.92 Å². The van der Waals surface area contributed by atoms with E-state index in [1.807, 2.05) is 31.3 Å². The van der Waals surface area contributed by atoms with Crippen LogP contribution in [0, 0.1) is 6.92 Å². The highest BCUT2D eigenvalue weighted by Crippen LogP contribution is 2.20. The lowest BCUT2D eigenvalue weighted by atomic mass is 10.1. The molecule has 0 aliphatic carbocycles. The van der Waals surface area contributed by atoms with Crippen LogP contribution in [0.4, 0.5) is 5.69 Å². The second-order valence-electron chi connectivity index (χ2n) is 3.60. The summed E-state index contributed by atoms with van der Waals surface area (Å²) in [4.78, 5) is 11.3. The normalized spacial score (nSPS) is 10.1. The highest BCUT2D eigenvalue weighted by Gasteiger charge is 2.02. The number of benzene rings is 1. The Labute approximate surface area is 93.7 Å². The van der Waals surface area contributed by atoms with Crippen molar-refractivity contribution in [3.05, 3.63) is 52.4 Å². The van der Waals surface area contributed by atoms with Gasteiger partial charge in [-0.3, -0.25) is 4.79 Å². The first-order chi connectivity index (χ1) is 7.69. The van der Waals surface area contributed by atoms with Gasteiger partial charge >= 0.3 is 0 Å². The van der Waals surface area contributed by atoms with Gasteiger partial charge in [0.1, 0.15) is 11.5 Å². The first-order valence-corrected chi connectivity index (χ1v) is 5.09. The van der Waals surface area contributed by atoms with Gasteiger partial charge in [0.05, 0.1) is 0 Å². The Morgan fingerprint density at radius 3 is 2.38 bits per heavy atom. The Bertz CT molecular complexity index is 541. The number of aryl methyl sites for hydroxylation is 1. The van der Waals surface area contributed by atoms with Crippen molar-refractivity contribution in [1.82, 2.24) is 0 Å². The van der Waals surface area contributed by atoms with Crippen molar-refractivity contribution in [1.29, 1.82) is 0 Å². The average Bonchev–Trinajstić information content (AvgIpc) is 2.28. The summed E-state index contributed by atoms with van der Waals surface area (Å²) >= 11 is 0. The Kier molecular flexibility index (Phi) is 2.77. The molecule has 0 fully saturated rings. The Morgan fingerprint density at radius 2 is 1.81 bits per heavy atom. The van der Waals surface area contributed by atoms with Gasteiger partial charge < -0.3 is 9.73 Å². The average molecular weight is 215 g/mol. The molecule has 0 saturated heterocycles. The van der Waals surface area contributed by atoms with Crippen molar-refractivity contribution in [2.75, 3.05) is 12.4 Å². The molecule has 1 aromatic heterocycles. The maximum Gasteiger partial charge on any atom is 0.185 e. The molecule has 0 amide bonds. The smallest absolute Gasteiger partial charge is 0.185 e. The molecule has 1 N–H and O–H groups in total. The van der Waals surface area contributed by atoms with Gasteiger partial charge in [-0.05, 0) is 31.2 Å². The van der Waals surface area contributed by atoms with E-state index >= 15 is 0 Å². The maximum absolute atomic E-state index is 11.3. The Morgan fingerprint density at radius 1 is 1.12 bits per heavy atom. The van der Waals surface area contributed by atoms with Crippen molar-refractivity contribution in [2.24, 2.45) is 0 Å². The van der Waals surface area contributed by atoms with E-state index in [9.17, 15) is 4.79 Å². The standard InChI is InChI=1S/C13H13NO2/c1-9-7-12(15)8-13(16-9)10-3-5-11(14-2)6-4-10/h3-8,14H,1-2H3. The van der Waals surface area contributed by atoms with Crippen molar-refractivity contribution >= 4 is 5.69 Å². The monoisotopic (exact) mass is 215 g/mol. The Balaban J connectivity index is 2.46. The molecule has 0 bridgehead atoms. The fourth-order valence-electron chi connectivity index (χ4n) is 1.55. The molecule has 1 heterocycles. The third-order valence-corrected chi connectivity index (χ3v) is 2.35.